The number of anilines is 3. The number of nitrogen functional groups attached to an aromatic ring is 1. The predicted molar refractivity (Wildman–Crippen MR) is 151 cm³/mol. The maximum absolute atomic E-state index is 12.7. The number of fused-ring (bicyclic) bond motifs is 1. The van der Waals surface area contributed by atoms with Crippen molar-refractivity contribution >= 4 is 51.5 Å². The molecule has 2 amide bonds. The highest BCUT2D eigenvalue weighted by molar-refractivity contribution is 6.34. The largest absolute Gasteiger partial charge is 0.398 e. The van der Waals surface area contributed by atoms with Gasteiger partial charge < -0.3 is 16.4 Å². The zero-order valence-corrected chi connectivity index (χ0v) is 20.7. The van der Waals surface area contributed by atoms with E-state index < -0.39 is 0 Å². The Labute approximate surface area is 223 Å². The Morgan fingerprint density at radius 3 is 2.55 bits per heavy atom. The molecule has 38 heavy (non-hydrogen) atoms. The van der Waals surface area contributed by atoms with Crippen LogP contribution in [0, 0.1) is 0 Å². The van der Waals surface area contributed by atoms with Crippen LogP contribution in [-0.4, -0.2) is 26.8 Å². The second kappa shape index (κ2) is 10.5. The number of aromatic nitrogens is 3. The summed E-state index contributed by atoms with van der Waals surface area (Å²) in [4.78, 5) is 37.3. The number of carbonyl (C=O) groups is 2. The first-order chi connectivity index (χ1) is 18.4. The van der Waals surface area contributed by atoms with Gasteiger partial charge in [-0.05, 0) is 54.1 Å². The number of benzene rings is 3. The average molecular weight is 521 g/mol. The van der Waals surface area contributed by atoms with Crippen LogP contribution < -0.4 is 16.4 Å². The van der Waals surface area contributed by atoms with Crippen molar-refractivity contribution in [3.05, 3.63) is 109 Å². The van der Waals surface area contributed by atoms with Crippen molar-refractivity contribution in [3.63, 3.8) is 0 Å². The Balaban J connectivity index is 1.58. The molecule has 2 heterocycles. The molecule has 0 atom stereocenters. The highest BCUT2D eigenvalue weighted by Crippen LogP contribution is 2.41. The topological polar surface area (TPSA) is 123 Å². The van der Waals surface area contributed by atoms with Crippen LogP contribution in [0.2, 0.25) is 5.02 Å². The van der Waals surface area contributed by atoms with Crippen LogP contribution in [0.15, 0.2) is 98.1 Å². The summed E-state index contributed by atoms with van der Waals surface area (Å²) in [6.07, 6.45) is 5.91. The highest BCUT2D eigenvalue weighted by Gasteiger charge is 2.18. The Morgan fingerprint density at radius 2 is 1.79 bits per heavy atom. The molecule has 2 aromatic heterocycles. The summed E-state index contributed by atoms with van der Waals surface area (Å²) in [5, 5.41) is 6.51. The molecule has 186 valence electrons. The molecule has 0 aliphatic carbocycles. The Morgan fingerprint density at radius 1 is 0.921 bits per heavy atom. The van der Waals surface area contributed by atoms with E-state index in [1.807, 2.05) is 24.3 Å². The number of halogens is 1. The second-order valence-electron chi connectivity index (χ2n) is 8.31. The van der Waals surface area contributed by atoms with E-state index in [4.69, 9.17) is 17.3 Å². The predicted octanol–water partition coefficient (Wildman–Crippen LogP) is 5.97. The van der Waals surface area contributed by atoms with Crippen LogP contribution >= 0.6 is 11.6 Å². The van der Waals surface area contributed by atoms with Gasteiger partial charge in [0.15, 0.2) is 0 Å². The van der Waals surface area contributed by atoms with E-state index in [0.717, 1.165) is 11.1 Å². The Bertz CT molecular complexity index is 1710. The van der Waals surface area contributed by atoms with Crippen molar-refractivity contribution < 1.29 is 9.59 Å². The maximum atomic E-state index is 12.7. The lowest BCUT2D eigenvalue weighted by molar-refractivity contribution is -0.111. The van der Waals surface area contributed by atoms with Gasteiger partial charge in [-0.3, -0.25) is 9.59 Å². The molecule has 5 aromatic rings. The smallest absolute Gasteiger partial charge is 0.256 e. The molecule has 9 heteroatoms. The first-order valence-corrected chi connectivity index (χ1v) is 11.9. The molecule has 8 nitrogen and oxygen atoms in total. The van der Waals surface area contributed by atoms with E-state index in [9.17, 15) is 9.59 Å². The molecule has 5 rings (SSSR count). The fraction of sp³-hybridized carbons (Fsp3) is 0. The molecule has 0 aliphatic rings. The van der Waals surface area contributed by atoms with Crippen LogP contribution in [0.25, 0.3) is 33.2 Å². The monoisotopic (exact) mass is 520 g/mol. The molecule has 0 bridgehead atoms. The summed E-state index contributed by atoms with van der Waals surface area (Å²) in [5.74, 6) is -0.213. The molecule has 0 radical (unpaired) electrons. The van der Waals surface area contributed by atoms with Gasteiger partial charge in [0, 0.05) is 50.7 Å². The van der Waals surface area contributed by atoms with E-state index in [0.29, 0.717) is 49.8 Å². The number of amides is 2. The van der Waals surface area contributed by atoms with E-state index in [2.05, 4.69) is 32.2 Å². The molecule has 4 N–H and O–H groups in total. The van der Waals surface area contributed by atoms with Crippen molar-refractivity contribution in [2.45, 2.75) is 0 Å². The van der Waals surface area contributed by atoms with Gasteiger partial charge in [0.05, 0.1) is 11.2 Å². The summed E-state index contributed by atoms with van der Waals surface area (Å²) in [7, 11) is 0. The van der Waals surface area contributed by atoms with Crippen molar-refractivity contribution in [2.24, 2.45) is 0 Å². The summed E-state index contributed by atoms with van der Waals surface area (Å²) in [6, 6.07) is 19.5. The second-order valence-corrected chi connectivity index (χ2v) is 8.72. The molecule has 0 aliphatic heterocycles. The zero-order chi connectivity index (χ0) is 26.6. The molecular formula is C29H21ClN6O2. The lowest BCUT2D eigenvalue weighted by Gasteiger charge is -2.16. The van der Waals surface area contributed by atoms with Gasteiger partial charge in [0.25, 0.3) is 5.91 Å². The van der Waals surface area contributed by atoms with Crippen LogP contribution in [-0.2, 0) is 4.79 Å². The van der Waals surface area contributed by atoms with E-state index in [-0.39, 0.29) is 11.8 Å². The summed E-state index contributed by atoms with van der Waals surface area (Å²) in [5.41, 5.74) is 11.5. The third kappa shape index (κ3) is 4.93. The van der Waals surface area contributed by atoms with Gasteiger partial charge in [-0.15, -0.1) is 0 Å². The summed E-state index contributed by atoms with van der Waals surface area (Å²) >= 11 is 6.69. The van der Waals surface area contributed by atoms with Crippen molar-refractivity contribution in [1.29, 1.82) is 0 Å². The van der Waals surface area contributed by atoms with Gasteiger partial charge in [-0.2, -0.15) is 0 Å². The quantitative estimate of drug-likeness (QED) is 0.187. The number of rotatable bonds is 6. The van der Waals surface area contributed by atoms with Gasteiger partial charge in [-0.25, -0.2) is 15.0 Å². The number of hydrogen-bond acceptors (Lipinski definition) is 6. The molecule has 0 unspecified atom stereocenters. The zero-order valence-electron chi connectivity index (χ0n) is 20.0. The lowest BCUT2D eigenvalue weighted by Crippen LogP contribution is -2.12. The third-order valence-corrected chi connectivity index (χ3v) is 6.20. The van der Waals surface area contributed by atoms with Crippen LogP contribution in [0.3, 0.4) is 0 Å². The highest BCUT2D eigenvalue weighted by atomic mass is 35.5. The molecule has 0 saturated carbocycles. The van der Waals surface area contributed by atoms with Gasteiger partial charge in [0.2, 0.25) is 5.91 Å². The van der Waals surface area contributed by atoms with E-state index >= 15 is 0 Å². The summed E-state index contributed by atoms with van der Waals surface area (Å²) < 4.78 is 0. The molecule has 0 fully saturated rings. The minimum atomic E-state index is -0.337. The first kappa shape index (κ1) is 24.6. The Kier molecular flexibility index (Phi) is 6.80. The minimum absolute atomic E-state index is 0.314. The van der Waals surface area contributed by atoms with E-state index in [1.54, 1.807) is 54.9 Å². The van der Waals surface area contributed by atoms with Gasteiger partial charge in [-0.1, -0.05) is 42.4 Å². The normalized spacial score (nSPS) is 10.7. The van der Waals surface area contributed by atoms with Crippen molar-refractivity contribution in [2.75, 3.05) is 16.4 Å². The van der Waals surface area contributed by atoms with Crippen LogP contribution in [0.5, 0.6) is 0 Å². The fourth-order valence-electron chi connectivity index (χ4n) is 4.08. The fourth-order valence-corrected chi connectivity index (χ4v) is 4.36. The van der Waals surface area contributed by atoms with Gasteiger partial charge in [0.1, 0.15) is 12.1 Å². The minimum Gasteiger partial charge on any atom is -0.398 e. The van der Waals surface area contributed by atoms with Crippen molar-refractivity contribution in [1.82, 2.24) is 15.0 Å². The number of pyridine rings is 1. The third-order valence-electron chi connectivity index (χ3n) is 5.89. The molecule has 3 aromatic carbocycles. The number of nitrogens with one attached hydrogen (secondary N) is 2. The molecular weight excluding hydrogens is 500 g/mol. The lowest BCUT2D eigenvalue weighted by atomic mass is 9.93. The first-order valence-electron chi connectivity index (χ1n) is 11.5. The van der Waals surface area contributed by atoms with Crippen molar-refractivity contribution in [3.8, 4) is 22.3 Å². The average Bonchev–Trinajstić information content (AvgIpc) is 2.94. The number of carbonyl (C=O) groups excluding carboxylic acids is 2. The van der Waals surface area contributed by atoms with Gasteiger partial charge >= 0.3 is 0 Å². The number of hydrogen-bond donors (Lipinski definition) is 3. The molecule has 0 spiro atoms. The SMILES string of the molecule is C=CC(=O)Nc1cccc(-c2cc(-c3ccc(C(=O)Nc4ccccn4)cc3Cl)c(N)c3cncnc23)c1. The van der Waals surface area contributed by atoms with Crippen LogP contribution in [0.4, 0.5) is 17.2 Å². The standard InChI is InChI=1S/C29H21ClN6O2/c1-2-26(37)35-19-7-5-6-17(12-19)21-14-22(27(31)23-15-32-16-34-28(21)23)20-10-9-18(13-24(20)30)29(38)36-25-8-3-4-11-33-25/h2-16H,1,31H2,(H,35,37)(H,33,36,38). The maximum Gasteiger partial charge on any atom is 0.256 e. The number of nitrogens with two attached hydrogens (primary N) is 1. The summed E-state index contributed by atoms with van der Waals surface area (Å²) in [6.45, 7) is 3.50. The van der Waals surface area contributed by atoms with Crippen LogP contribution in [0.1, 0.15) is 10.4 Å². The van der Waals surface area contributed by atoms with E-state index in [1.165, 1.54) is 12.4 Å². The Hall–Kier alpha value is -5.08. The number of nitrogens with zero attached hydrogens (tertiary/aromatic N) is 3. The molecule has 0 saturated heterocycles.